The molecule has 1 fully saturated rings. The third kappa shape index (κ3) is 2.44. The van der Waals surface area contributed by atoms with E-state index in [1.165, 1.54) is 0 Å². The molecule has 7 nitrogen and oxygen atoms in total. The number of anilines is 2. The maximum atomic E-state index is 11.7. The van der Waals surface area contributed by atoms with Crippen LogP contribution in [-0.2, 0) is 9.84 Å². The number of nitrogens with zero attached hydrogens (tertiary/aromatic N) is 2. The van der Waals surface area contributed by atoms with Gasteiger partial charge in [0.2, 0.25) is 5.88 Å². The van der Waals surface area contributed by atoms with Crippen LogP contribution in [0.4, 0.5) is 11.7 Å². The van der Waals surface area contributed by atoms with E-state index in [0.29, 0.717) is 13.1 Å². The first-order valence-electron chi connectivity index (χ1n) is 5.74. The van der Waals surface area contributed by atoms with E-state index in [1.807, 2.05) is 0 Å². The Kier molecular flexibility index (Phi) is 3.49. The maximum absolute atomic E-state index is 11.7. The van der Waals surface area contributed by atoms with Crippen LogP contribution in [0.25, 0.3) is 0 Å². The first kappa shape index (κ1) is 13.2. The van der Waals surface area contributed by atoms with Gasteiger partial charge in [-0.25, -0.2) is 8.42 Å². The molecule has 0 aliphatic carbocycles. The molecule has 8 heteroatoms. The molecule has 2 heterocycles. The average Bonchev–Trinajstić information content (AvgIpc) is 2.71. The molecule has 0 radical (unpaired) electrons. The van der Waals surface area contributed by atoms with Crippen molar-refractivity contribution in [2.24, 2.45) is 5.92 Å². The SMILES string of the molecule is CS(=O)(=O)c1c(N2CCCC(CO)C2)noc1N. The van der Waals surface area contributed by atoms with Gasteiger partial charge in [-0.05, 0) is 18.8 Å². The summed E-state index contributed by atoms with van der Waals surface area (Å²) in [6.45, 7) is 1.33. The minimum atomic E-state index is -3.48. The van der Waals surface area contributed by atoms with Crippen molar-refractivity contribution in [2.75, 3.05) is 36.6 Å². The number of aromatic nitrogens is 1. The zero-order valence-corrected chi connectivity index (χ0v) is 11.0. The molecule has 1 saturated heterocycles. The third-order valence-corrected chi connectivity index (χ3v) is 4.23. The Morgan fingerprint density at radius 2 is 2.33 bits per heavy atom. The number of hydrogen-bond donors (Lipinski definition) is 2. The molecule has 0 amide bonds. The fraction of sp³-hybridized carbons (Fsp3) is 0.700. The zero-order chi connectivity index (χ0) is 13.3. The lowest BCUT2D eigenvalue weighted by Crippen LogP contribution is -2.37. The van der Waals surface area contributed by atoms with E-state index in [9.17, 15) is 13.5 Å². The lowest BCUT2D eigenvalue weighted by molar-refractivity contribution is 0.208. The molecule has 1 aromatic rings. The maximum Gasteiger partial charge on any atom is 0.243 e. The second-order valence-electron chi connectivity index (χ2n) is 4.61. The van der Waals surface area contributed by atoms with Crippen molar-refractivity contribution in [1.82, 2.24) is 5.16 Å². The number of aliphatic hydroxyl groups is 1. The van der Waals surface area contributed by atoms with Gasteiger partial charge in [0, 0.05) is 26.0 Å². The summed E-state index contributed by atoms with van der Waals surface area (Å²) in [6, 6.07) is 0. The van der Waals surface area contributed by atoms with Crippen LogP contribution in [0.1, 0.15) is 12.8 Å². The summed E-state index contributed by atoms with van der Waals surface area (Å²) in [5.74, 6) is 0.204. The Hall–Kier alpha value is -1.28. The number of piperidine rings is 1. The molecule has 1 atom stereocenters. The van der Waals surface area contributed by atoms with Gasteiger partial charge in [0.15, 0.2) is 20.6 Å². The minimum Gasteiger partial charge on any atom is -0.396 e. The van der Waals surface area contributed by atoms with Crippen molar-refractivity contribution in [3.8, 4) is 0 Å². The van der Waals surface area contributed by atoms with Gasteiger partial charge in [0.25, 0.3) is 0 Å². The number of aliphatic hydroxyl groups excluding tert-OH is 1. The normalized spacial score (nSPS) is 21.2. The molecular formula is C10H17N3O4S. The fourth-order valence-electron chi connectivity index (χ4n) is 2.24. The molecular weight excluding hydrogens is 258 g/mol. The molecule has 0 bridgehead atoms. The van der Waals surface area contributed by atoms with Crippen LogP contribution in [0.2, 0.25) is 0 Å². The van der Waals surface area contributed by atoms with Gasteiger partial charge >= 0.3 is 0 Å². The monoisotopic (exact) mass is 275 g/mol. The smallest absolute Gasteiger partial charge is 0.243 e. The number of rotatable bonds is 3. The summed E-state index contributed by atoms with van der Waals surface area (Å²) in [5.41, 5.74) is 5.52. The van der Waals surface area contributed by atoms with Crippen LogP contribution in [0.5, 0.6) is 0 Å². The highest BCUT2D eigenvalue weighted by molar-refractivity contribution is 7.91. The summed E-state index contributed by atoms with van der Waals surface area (Å²) in [5, 5.41) is 12.9. The molecule has 3 N–H and O–H groups in total. The summed E-state index contributed by atoms with van der Waals surface area (Å²) in [6.07, 6.45) is 2.88. The van der Waals surface area contributed by atoms with E-state index >= 15 is 0 Å². The van der Waals surface area contributed by atoms with Gasteiger partial charge in [-0.2, -0.15) is 0 Å². The number of hydrogen-bond acceptors (Lipinski definition) is 7. The highest BCUT2D eigenvalue weighted by Gasteiger charge is 2.30. The van der Waals surface area contributed by atoms with E-state index in [-0.39, 0.29) is 29.1 Å². The van der Waals surface area contributed by atoms with Crippen LogP contribution < -0.4 is 10.6 Å². The summed E-state index contributed by atoms with van der Waals surface area (Å²) in [4.78, 5) is 1.75. The van der Waals surface area contributed by atoms with Gasteiger partial charge in [0.1, 0.15) is 0 Å². The second kappa shape index (κ2) is 4.77. The van der Waals surface area contributed by atoms with E-state index in [2.05, 4.69) is 5.16 Å². The Morgan fingerprint density at radius 1 is 1.61 bits per heavy atom. The van der Waals surface area contributed by atoms with E-state index in [0.717, 1.165) is 19.1 Å². The van der Waals surface area contributed by atoms with Crippen LogP contribution in [0, 0.1) is 5.92 Å². The van der Waals surface area contributed by atoms with E-state index in [1.54, 1.807) is 4.90 Å². The van der Waals surface area contributed by atoms with Crippen molar-refractivity contribution >= 4 is 21.5 Å². The van der Waals surface area contributed by atoms with Crippen molar-refractivity contribution in [3.63, 3.8) is 0 Å². The van der Waals surface area contributed by atoms with Gasteiger partial charge in [-0.15, -0.1) is 0 Å². The predicted molar refractivity (Wildman–Crippen MR) is 66.0 cm³/mol. The van der Waals surface area contributed by atoms with Gasteiger partial charge in [0.05, 0.1) is 0 Å². The van der Waals surface area contributed by atoms with Gasteiger partial charge in [-0.1, -0.05) is 5.16 Å². The lowest BCUT2D eigenvalue weighted by Gasteiger charge is -2.31. The predicted octanol–water partition coefficient (Wildman–Crippen LogP) is -0.131. The Balaban J connectivity index is 2.34. The highest BCUT2D eigenvalue weighted by Crippen LogP contribution is 2.32. The van der Waals surface area contributed by atoms with Crippen molar-refractivity contribution in [1.29, 1.82) is 0 Å². The van der Waals surface area contributed by atoms with Crippen LogP contribution in [0.3, 0.4) is 0 Å². The largest absolute Gasteiger partial charge is 0.396 e. The molecule has 102 valence electrons. The molecule has 18 heavy (non-hydrogen) atoms. The molecule has 0 aromatic carbocycles. The quantitative estimate of drug-likeness (QED) is 0.790. The Bertz CT molecular complexity index is 525. The first-order chi connectivity index (χ1) is 8.43. The van der Waals surface area contributed by atoms with Crippen LogP contribution in [-0.4, -0.2) is 44.6 Å². The second-order valence-corrected chi connectivity index (χ2v) is 6.56. The summed E-state index contributed by atoms with van der Waals surface area (Å²) >= 11 is 0. The summed E-state index contributed by atoms with van der Waals surface area (Å²) in [7, 11) is -3.48. The molecule has 1 unspecified atom stereocenters. The topological polar surface area (TPSA) is 110 Å². The minimum absolute atomic E-state index is 0.0545. The molecule has 0 spiro atoms. The Labute approximate surface area is 105 Å². The van der Waals surface area contributed by atoms with Gasteiger partial charge in [-0.3, -0.25) is 0 Å². The number of nitrogen functional groups attached to an aromatic ring is 1. The van der Waals surface area contributed by atoms with Crippen LogP contribution >= 0.6 is 0 Å². The lowest BCUT2D eigenvalue weighted by atomic mass is 9.99. The summed E-state index contributed by atoms with van der Waals surface area (Å²) < 4.78 is 28.1. The van der Waals surface area contributed by atoms with Crippen molar-refractivity contribution in [3.05, 3.63) is 0 Å². The molecule has 2 rings (SSSR count). The molecule has 0 saturated carbocycles. The van der Waals surface area contributed by atoms with Crippen molar-refractivity contribution < 1.29 is 18.0 Å². The third-order valence-electron chi connectivity index (χ3n) is 3.10. The van der Waals surface area contributed by atoms with E-state index in [4.69, 9.17) is 10.3 Å². The van der Waals surface area contributed by atoms with Crippen molar-refractivity contribution in [2.45, 2.75) is 17.7 Å². The fourth-order valence-corrected chi connectivity index (χ4v) is 3.14. The standard InChI is InChI=1S/C10H17N3O4S/c1-18(15,16)8-9(11)17-12-10(8)13-4-2-3-7(5-13)6-14/h7,14H,2-6,11H2,1H3. The molecule has 1 aliphatic rings. The first-order valence-corrected chi connectivity index (χ1v) is 7.63. The molecule has 1 aromatic heterocycles. The number of nitrogens with two attached hydrogens (primary N) is 1. The van der Waals surface area contributed by atoms with E-state index < -0.39 is 9.84 Å². The molecule has 1 aliphatic heterocycles. The Morgan fingerprint density at radius 3 is 2.94 bits per heavy atom. The van der Waals surface area contributed by atoms with Crippen LogP contribution in [0.15, 0.2) is 9.42 Å². The zero-order valence-electron chi connectivity index (χ0n) is 10.2. The average molecular weight is 275 g/mol. The van der Waals surface area contributed by atoms with Gasteiger partial charge < -0.3 is 20.3 Å². The number of sulfone groups is 1. The highest BCUT2D eigenvalue weighted by atomic mass is 32.2.